The number of benzene rings is 1. The van der Waals surface area contributed by atoms with Crippen LogP contribution in [0.4, 0.5) is 9.93 Å². The van der Waals surface area contributed by atoms with Crippen molar-refractivity contribution in [2.24, 2.45) is 0 Å². The normalized spacial score (nSPS) is 15.0. The molecule has 5 nitrogen and oxygen atoms in total. The first kappa shape index (κ1) is 14.8. The summed E-state index contributed by atoms with van der Waals surface area (Å²) in [6.07, 6.45) is -0.237. The van der Waals surface area contributed by atoms with Crippen LogP contribution in [0.5, 0.6) is 0 Å². The number of carbonyl (C=O) groups excluding carboxylic acids is 1. The van der Waals surface area contributed by atoms with Gasteiger partial charge in [-0.2, -0.15) is 0 Å². The minimum atomic E-state index is -0.237. The van der Waals surface area contributed by atoms with Crippen molar-refractivity contribution in [1.29, 1.82) is 0 Å². The van der Waals surface area contributed by atoms with E-state index in [0.29, 0.717) is 19.7 Å². The number of rotatable bonds is 3. The Balaban J connectivity index is 1.47. The molecular formula is C16H19N3O2S. The van der Waals surface area contributed by atoms with Gasteiger partial charge in [0.1, 0.15) is 6.61 Å². The van der Waals surface area contributed by atoms with Gasteiger partial charge in [0.25, 0.3) is 0 Å². The first-order valence-corrected chi connectivity index (χ1v) is 8.23. The van der Waals surface area contributed by atoms with Crippen molar-refractivity contribution in [3.63, 3.8) is 0 Å². The van der Waals surface area contributed by atoms with Crippen molar-refractivity contribution in [2.45, 2.75) is 13.5 Å². The molecule has 2 aromatic rings. The van der Waals surface area contributed by atoms with Crippen molar-refractivity contribution in [3.05, 3.63) is 47.0 Å². The Bertz CT molecular complexity index is 621. The zero-order chi connectivity index (χ0) is 15.4. The fraction of sp³-hybridized carbons (Fsp3) is 0.375. The molecule has 0 radical (unpaired) electrons. The topological polar surface area (TPSA) is 45.7 Å². The Hall–Kier alpha value is -2.08. The summed E-state index contributed by atoms with van der Waals surface area (Å²) in [7, 11) is 0. The summed E-state index contributed by atoms with van der Waals surface area (Å²) >= 11 is 1.65. The highest BCUT2D eigenvalue weighted by Gasteiger charge is 2.23. The lowest BCUT2D eigenvalue weighted by Gasteiger charge is -2.33. The largest absolute Gasteiger partial charge is 0.445 e. The highest BCUT2D eigenvalue weighted by molar-refractivity contribution is 7.13. The molecule has 0 N–H and O–H groups in total. The van der Waals surface area contributed by atoms with E-state index in [-0.39, 0.29) is 6.09 Å². The molecule has 0 unspecified atom stereocenters. The first-order chi connectivity index (χ1) is 10.7. The molecule has 1 saturated heterocycles. The number of anilines is 1. The van der Waals surface area contributed by atoms with E-state index in [1.807, 2.05) is 37.3 Å². The minimum absolute atomic E-state index is 0.237. The molecule has 0 bridgehead atoms. The monoisotopic (exact) mass is 317 g/mol. The molecule has 6 heteroatoms. The smallest absolute Gasteiger partial charge is 0.410 e. The Kier molecular flexibility index (Phi) is 4.58. The maximum absolute atomic E-state index is 12.1. The average Bonchev–Trinajstić information content (AvgIpc) is 3.00. The van der Waals surface area contributed by atoms with Crippen LogP contribution in [0.2, 0.25) is 0 Å². The molecule has 0 saturated carbocycles. The van der Waals surface area contributed by atoms with Crippen molar-refractivity contribution < 1.29 is 9.53 Å². The minimum Gasteiger partial charge on any atom is -0.445 e. The van der Waals surface area contributed by atoms with E-state index in [2.05, 4.69) is 15.3 Å². The maximum Gasteiger partial charge on any atom is 0.410 e. The van der Waals surface area contributed by atoms with E-state index < -0.39 is 0 Å². The molecule has 1 aliphatic rings. The first-order valence-electron chi connectivity index (χ1n) is 7.35. The number of nitrogens with zero attached hydrogens (tertiary/aromatic N) is 3. The van der Waals surface area contributed by atoms with Crippen molar-refractivity contribution in [2.75, 3.05) is 31.1 Å². The molecular weight excluding hydrogens is 298 g/mol. The number of amides is 1. The number of piperazine rings is 1. The van der Waals surface area contributed by atoms with E-state index in [0.717, 1.165) is 29.5 Å². The third kappa shape index (κ3) is 3.57. The van der Waals surface area contributed by atoms with Crippen molar-refractivity contribution in [1.82, 2.24) is 9.88 Å². The van der Waals surface area contributed by atoms with E-state index >= 15 is 0 Å². The van der Waals surface area contributed by atoms with Gasteiger partial charge in [-0.25, -0.2) is 9.78 Å². The molecule has 116 valence electrons. The van der Waals surface area contributed by atoms with Gasteiger partial charge >= 0.3 is 6.09 Å². The number of hydrogen-bond donors (Lipinski definition) is 0. The zero-order valence-corrected chi connectivity index (χ0v) is 13.4. The number of ether oxygens (including phenoxy) is 1. The second kappa shape index (κ2) is 6.79. The molecule has 22 heavy (non-hydrogen) atoms. The van der Waals surface area contributed by atoms with Crippen LogP contribution in [0, 0.1) is 6.92 Å². The highest BCUT2D eigenvalue weighted by atomic mass is 32.1. The fourth-order valence-corrected chi connectivity index (χ4v) is 3.23. The second-order valence-corrected chi connectivity index (χ2v) is 6.12. The summed E-state index contributed by atoms with van der Waals surface area (Å²) in [5, 5.41) is 3.09. The Morgan fingerprint density at radius 1 is 1.23 bits per heavy atom. The van der Waals surface area contributed by atoms with E-state index in [4.69, 9.17) is 4.74 Å². The number of thiazole rings is 1. The van der Waals surface area contributed by atoms with Gasteiger partial charge in [0.2, 0.25) is 0 Å². The SMILES string of the molecule is Cc1csc(N2CCN(C(=O)OCc3ccccc3)CC2)n1. The van der Waals surface area contributed by atoms with Crippen LogP contribution in [0.25, 0.3) is 0 Å². The van der Waals surface area contributed by atoms with Crippen LogP contribution in [0.3, 0.4) is 0 Å². The molecule has 2 heterocycles. The fourth-order valence-electron chi connectivity index (χ4n) is 2.38. The van der Waals surface area contributed by atoms with Gasteiger partial charge in [-0.15, -0.1) is 11.3 Å². The summed E-state index contributed by atoms with van der Waals surface area (Å²) in [4.78, 5) is 20.6. The van der Waals surface area contributed by atoms with Crippen LogP contribution in [-0.2, 0) is 11.3 Å². The predicted octanol–water partition coefficient (Wildman–Crippen LogP) is 2.91. The van der Waals surface area contributed by atoms with Gasteiger partial charge in [-0.3, -0.25) is 0 Å². The maximum atomic E-state index is 12.1. The molecule has 1 aliphatic heterocycles. The molecule has 3 rings (SSSR count). The molecule has 0 aliphatic carbocycles. The zero-order valence-electron chi connectivity index (χ0n) is 12.6. The molecule has 0 spiro atoms. The van der Waals surface area contributed by atoms with E-state index in [9.17, 15) is 4.79 Å². The predicted molar refractivity (Wildman–Crippen MR) is 87.3 cm³/mol. The third-order valence-electron chi connectivity index (χ3n) is 3.62. The summed E-state index contributed by atoms with van der Waals surface area (Å²) in [6.45, 7) is 5.27. The van der Waals surface area contributed by atoms with Crippen molar-refractivity contribution in [3.8, 4) is 0 Å². The molecule has 1 aromatic heterocycles. The van der Waals surface area contributed by atoms with Gasteiger partial charge in [0.05, 0.1) is 5.69 Å². The number of hydrogen-bond acceptors (Lipinski definition) is 5. The lowest BCUT2D eigenvalue weighted by molar-refractivity contribution is 0.0942. The van der Waals surface area contributed by atoms with Gasteiger partial charge in [0.15, 0.2) is 5.13 Å². The third-order valence-corrected chi connectivity index (χ3v) is 4.64. The van der Waals surface area contributed by atoms with Crippen LogP contribution < -0.4 is 4.90 Å². The van der Waals surface area contributed by atoms with E-state index in [1.54, 1.807) is 16.2 Å². The number of aryl methyl sites for hydroxylation is 1. The second-order valence-electron chi connectivity index (χ2n) is 5.29. The van der Waals surface area contributed by atoms with Gasteiger partial charge in [-0.1, -0.05) is 30.3 Å². The van der Waals surface area contributed by atoms with Crippen LogP contribution >= 0.6 is 11.3 Å². The van der Waals surface area contributed by atoms with Crippen LogP contribution in [0.1, 0.15) is 11.3 Å². The summed E-state index contributed by atoms with van der Waals surface area (Å²) in [5.74, 6) is 0. The van der Waals surface area contributed by atoms with Crippen molar-refractivity contribution >= 4 is 22.6 Å². The average molecular weight is 317 g/mol. The Morgan fingerprint density at radius 3 is 2.59 bits per heavy atom. The van der Waals surface area contributed by atoms with Gasteiger partial charge in [0, 0.05) is 31.6 Å². The van der Waals surface area contributed by atoms with Crippen LogP contribution in [0.15, 0.2) is 35.7 Å². The summed E-state index contributed by atoms with van der Waals surface area (Å²) in [6, 6.07) is 9.74. The summed E-state index contributed by atoms with van der Waals surface area (Å²) < 4.78 is 5.37. The van der Waals surface area contributed by atoms with Gasteiger partial charge in [-0.05, 0) is 12.5 Å². The van der Waals surface area contributed by atoms with Crippen LogP contribution in [-0.4, -0.2) is 42.2 Å². The molecule has 0 atom stereocenters. The molecule has 1 fully saturated rings. The number of carbonyl (C=O) groups is 1. The lowest BCUT2D eigenvalue weighted by Crippen LogP contribution is -2.48. The van der Waals surface area contributed by atoms with Gasteiger partial charge < -0.3 is 14.5 Å². The molecule has 1 amide bonds. The molecule has 1 aromatic carbocycles. The number of aromatic nitrogens is 1. The van der Waals surface area contributed by atoms with E-state index in [1.165, 1.54) is 0 Å². The standard InChI is InChI=1S/C16H19N3O2S/c1-13-12-22-15(17-13)18-7-9-19(10-8-18)16(20)21-11-14-5-3-2-4-6-14/h2-6,12H,7-11H2,1H3. The summed E-state index contributed by atoms with van der Waals surface area (Å²) in [5.41, 5.74) is 2.05. The quantitative estimate of drug-likeness (QED) is 0.873. The Morgan fingerprint density at radius 2 is 1.95 bits per heavy atom. The highest BCUT2D eigenvalue weighted by Crippen LogP contribution is 2.21. The Labute approximate surface area is 134 Å². The lowest BCUT2D eigenvalue weighted by atomic mass is 10.2.